The second kappa shape index (κ2) is 8.64. The average molecular weight is 434 g/mol. The minimum Gasteiger partial charge on any atom is -0.493 e. The van der Waals surface area contributed by atoms with E-state index in [-0.39, 0.29) is 0 Å². The lowest BCUT2D eigenvalue weighted by Crippen LogP contribution is -2.47. The van der Waals surface area contributed by atoms with E-state index in [1.54, 1.807) is 7.11 Å². The summed E-state index contributed by atoms with van der Waals surface area (Å²) >= 11 is 0. The highest BCUT2D eigenvalue weighted by molar-refractivity contribution is 5.83. The van der Waals surface area contributed by atoms with Crippen molar-refractivity contribution in [3.8, 4) is 17.2 Å². The molecule has 0 aromatic heterocycles. The fraction of sp³-hybridized carbons (Fsp3) is 0.407. The van der Waals surface area contributed by atoms with Crippen LogP contribution >= 0.6 is 0 Å². The van der Waals surface area contributed by atoms with Gasteiger partial charge in [-0.1, -0.05) is 42.5 Å². The van der Waals surface area contributed by atoms with E-state index in [4.69, 9.17) is 14.2 Å². The number of nitrogens with zero attached hydrogens (tertiary/aromatic N) is 1. The molecule has 32 heavy (non-hydrogen) atoms. The number of piperidine rings is 1. The normalized spacial score (nSPS) is 26.3. The Morgan fingerprint density at radius 2 is 1.62 bits per heavy atom. The first-order chi connectivity index (χ1) is 15.6. The summed E-state index contributed by atoms with van der Waals surface area (Å²) in [5.41, 5.74) is 0.462. The quantitative estimate of drug-likeness (QED) is 0.632. The maximum absolute atomic E-state index is 11.2. The van der Waals surface area contributed by atoms with Gasteiger partial charge in [0.15, 0.2) is 11.5 Å². The zero-order valence-corrected chi connectivity index (χ0v) is 18.8. The minimum absolute atomic E-state index is 0.547. The molecule has 2 fully saturated rings. The third kappa shape index (κ3) is 3.91. The van der Waals surface area contributed by atoms with Crippen LogP contribution in [0.4, 0.5) is 0 Å². The van der Waals surface area contributed by atoms with Crippen LogP contribution in [-0.2, 0) is 5.60 Å². The second-order valence-corrected chi connectivity index (χ2v) is 9.04. The van der Waals surface area contributed by atoms with Gasteiger partial charge in [-0.15, -0.1) is 0 Å². The van der Waals surface area contributed by atoms with Crippen molar-refractivity contribution in [2.45, 2.75) is 43.4 Å². The van der Waals surface area contributed by atoms with Crippen molar-refractivity contribution in [2.24, 2.45) is 0 Å². The predicted octanol–water partition coefficient (Wildman–Crippen LogP) is 4.75. The smallest absolute Gasteiger partial charge is 0.203 e. The molecule has 0 saturated carbocycles. The van der Waals surface area contributed by atoms with Crippen molar-refractivity contribution < 1.29 is 19.3 Å². The molecule has 2 atom stereocenters. The van der Waals surface area contributed by atoms with Gasteiger partial charge in [0.25, 0.3) is 0 Å². The Labute approximate surface area is 189 Å². The van der Waals surface area contributed by atoms with Gasteiger partial charge < -0.3 is 24.2 Å². The van der Waals surface area contributed by atoms with E-state index in [0.717, 1.165) is 29.9 Å². The number of ether oxygens (including phenoxy) is 3. The Kier molecular flexibility index (Phi) is 5.70. The molecule has 5 nitrogen and oxygen atoms in total. The van der Waals surface area contributed by atoms with Crippen LogP contribution in [0.3, 0.4) is 0 Å². The summed E-state index contributed by atoms with van der Waals surface area (Å²) in [4.78, 5) is 2.47. The Bertz CT molecular complexity index is 1070. The molecule has 2 bridgehead atoms. The second-order valence-electron chi connectivity index (χ2n) is 9.04. The summed E-state index contributed by atoms with van der Waals surface area (Å²) in [5, 5.41) is 13.6. The van der Waals surface area contributed by atoms with Crippen LogP contribution in [0, 0.1) is 0 Å². The number of methoxy groups -OCH3 is 1. The van der Waals surface area contributed by atoms with Crippen molar-refractivity contribution in [3.05, 3.63) is 66.2 Å². The van der Waals surface area contributed by atoms with E-state index in [2.05, 4.69) is 54.4 Å². The largest absolute Gasteiger partial charge is 0.493 e. The lowest BCUT2D eigenvalue weighted by molar-refractivity contribution is -0.0492. The Balaban J connectivity index is 0.000000154. The molecule has 168 valence electrons. The van der Waals surface area contributed by atoms with Gasteiger partial charge in [-0.05, 0) is 67.3 Å². The molecule has 1 N–H and O–H groups in total. The molecule has 3 heterocycles. The zero-order valence-electron chi connectivity index (χ0n) is 18.8. The zero-order chi connectivity index (χ0) is 22.1. The van der Waals surface area contributed by atoms with Gasteiger partial charge >= 0.3 is 0 Å². The number of aliphatic hydroxyl groups is 1. The first-order valence-corrected chi connectivity index (χ1v) is 11.4. The average Bonchev–Trinajstić information content (AvgIpc) is 3.05. The molecular weight excluding hydrogens is 402 g/mol. The van der Waals surface area contributed by atoms with E-state index in [9.17, 15) is 5.11 Å². The molecule has 0 spiro atoms. The summed E-state index contributed by atoms with van der Waals surface area (Å²) in [6.45, 7) is 1.20. The third-order valence-electron chi connectivity index (χ3n) is 7.17. The lowest BCUT2D eigenvalue weighted by Gasteiger charge is -2.42. The van der Waals surface area contributed by atoms with Crippen LogP contribution in [0.1, 0.15) is 31.2 Å². The number of para-hydroxylation sites is 1. The molecule has 3 aliphatic rings. The summed E-state index contributed by atoms with van der Waals surface area (Å²) in [6.07, 6.45) is 4.21. The van der Waals surface area contributed by atoms with Crippen LogP contribution in [0.25, 0.3) is 10.8 Å². The molecule has 0 amide bonds. The highest BCUT2D eigenvalue weighted by Gasteiger charge is 2.46. The molecule has 2 unspecified atom stereocenters. The number of benzene rings is 3. The molecule has 2 saturated heterocycles. The van der Waals surface area contributed by atoms with Crippen molar-refractivity contribution in [1.29, 1.82) is 0 Å². The molecule has 3 aromatic rings. The summed E-state index contributed by atoms with van der Waals surface area (Å²) < 4.78 is 15.9. The van der Waals surface area contributed by atoms with Gasteiger partial charge in [-0.25, -0.2) is 0 Å². The highest BCUT2D eigenvalue weighted by atomic mass is 16.6. The van der Waals surface area contributed by atoms with Crippen LogP contribution in [-0.4, -0.2) is 49.5 Å². The molecule has 0 radical (unpaired) electrons. The predicted molar refractivity (Wildman–Crippen MR) is 126 cm³/mol. The van der Waals surface area contributed by atoms with Gasteiger partial charge in [-0.3, -0.25) is 0 Å². The van der Waals surface area contributed by atoms with E-state index >= 15 is 0 Å². The van der Waals surface area contributed by atoms with Gasteiger partial charge in [0.1, 0.15) is 13.2 Å². The van der Waals surface area contributed by atoms with E-state index in [1.807, 2.05) is 18.2 Å². The van der Waals surface area contributed by atoms with E-state index in [0.29, 0.717) is 31.0 Å². The Hall–Kier alpha value is -2.76. The molecule has 3 aromatic carbocycles. The van der Waals surface area contributed by atoms with Gasteiger partial charge in [0, 0.05) is 12.1 Å². The minimum atomic E-state index is -0.637. The lowest BCUT2D eigenvalue weighted by atomic mass is 9.80. The number of hydrogen-bond acceptors (Lipinski definition) is 5. The van der Waals surface area contributed by atoms with Gasteiger partial charge in [0.2, 0.25) is 5.75 Å². The SMILES string of the molecule is CN1C2CCC1CC(O)(c1ccc3ccccc3c1)C2.COc1cccc2c1OCCO2. The molecule has 0 aliphatic carbocycles. The fourth-order valence-electron chi connectivity index (χ4n) is 5.37. The van der Waals surface area contributed by atoms with Crippen molar-refractivity contribution in [3.63, 3.8) is 0 Å². The maximum atomic E-state index is 11.2. The van der Waals surface area contributed by atoms with Crippen molar-refractivity contribution >= 4 is 10.8 Å². The third-order valence-corrected chi connectivity index (χ3v) is 7.17. The summed E-state index contributed by atoms with van der Waals surface area (Å²) in [5.74, 6) is 2.21. The number of rotatable bonds is 2. The highest BCUT2D eigenvalue weighted by Crippen LogP contribution is 2.45. The molecule has 6 rings (SSSR count). The number of hydrogen-bond donors (Lipinski definition) is 1. The monoisotopic (exact) mass is 433 g/mol. The molecular formula is C27H31NO4. The summed E-state index contributed by atoms with van der Waals surface area (Å²) in [6, 6.07) is 21.5. The molecule has 5 heteroatoms. The van der Waals surface area contributed by atoms with Crippen LogP contribution in [0.5, 0.6) is 17.2 Å². The topological polar surface area (TPSA) is 51.2 Å². The van der Waals surface area contributed by atoms with Crippen LogP contribution < -0.4 is 14.2 Å². The van der Waals surface area contributed by atoms with Gasteiger partial charge in [-0.2, -0.15) is 0 Å². The molecule has 3 aliphatic heterocycles. The maximum Gasteiger partial charge on any atom is 0.203 e. The first-order valence-electron chi connectivity index (χ1n) is 11.4. The number of fused-ring (bicyclic) bond motifs is 4. The van der Waals surface area contributed by atoms with E-state index < -0.39 is 5.60 Å². The van der Waals surface area contributed by atoms with Crippen LogP contribution in [0.2, 0.25) is 0 Å². The van der Waals surface area contributed by atoms with Crippen LogP contribution in [0.15, 0.2) is 60.7 Å². The van der Waals surface area contributed by atoms with Gasteiger partial charge in [0.05, 0.1) is 12.7 Å². The fourth-order valence-corrected chi connectivity index (χ4v) is 5.37. The summed E-state index contributed by atoms with van der Waals surface area (Å²) in [7, 11) is 3.83. The first kappa shape index (κ1) is 21.1. The van der Waals surface area contributed by atoms with E-state index in [1.165, 1.54) is 23.6 Å². The van der Waals surface area contributed by atoms with Crippen molar-refractivity contribution in [1.82, 2.24) is 4.90 Å². The Morgan fingerprint density at radius 3 is 2.38 bits per heavy atom. The Morgan fingerprint density at radius 1 is 0.906 bits per heavy atom. The van der Waals surface area contributed by atoms with Crippen molar-refractivity contribution in [2.75, 3.05) is 27.4 Å². The standard InChI is InChI=1S/C18H21NO.C9H10O3/c1-19-16-8-9-17(19)12-18(20,11-16)15-7-6-13-4-2-3-5-14(13)10-15;1-10-7-3-2-4-8-9(7)12-6-5-11-8/h2-7,10,16-17,20H,8-9,11-12H2,1H3;2-4H,5-6H2,1H3.